The summed E-state index contributed by atoms with van der Waals surface area (Å²) in [7, 11) is 0. The summed E-state index contributed by atoms with van der Waals surface area (Å²) in [6, 6.07) is 16.3. The second-order valence-corrected chi connectivity index (χ2v) is 10.5. The van der Waals surface area contributed by atoms with Crippen LogP contribution in [0.4, 0.5) is 0 Å². The molecule has 5 rings (SSSR count). The number of piperidine rings is 1. The number of nitrogens with zero attached hydrogens (tertiary/aromatic N) is 1. The van der Waals surface area contributed by atoms with Crippen LogP contribution in [0.3, 0.4) is 0 Å². The first-order valence-corrected chi connectivity index (χ1v) is 13.1. The van der Waals surface area contributed by atoms with Crippen LogP contribution in [0.1, 0.15) is 60.0 Å². The third-order valence-corrected chi connectivity index (χ3v) is 8.46. The molecule has 0 unspecified atom stereocenters. The van der Waals surface area contributed by atoms with Gasteiger partial charge in [0.25, 0.3) is 0 Å². The number of phenols is 1. The molecule has 1 aliphatic heterocycles. The summed E-state index contributed by atoms with van der Waals surface area (Å²) in [5.74, 6) is -2.21. The van der Waals surface area contributed by atoms with Gasteiger partial charge in [0.1, 0.15) is 5.75 Å². The number of carbonyl (C=O) groups is 3. The molecule has 5 N–H and O–H groups in total. The van der Waals surface area contributed by atoms with Gasteiger partial charge in [-0.2, -0.15) is 0 Å². The Morgan fingerprint density at radius 3 is 2.29 bits per heavy atom. The fourth-order valence-corrected chi connectivity index (χ4v) is 6.63. The standard InChI is InChI=1S/C25H29NO2.C4H6O6/c27-20-10-9-19-16-23-21-8-4-5-12-25(21,22(19)17-20)13-15-26(23)14-11-24(28)18-6-2-1-3-7-18;5-1(3(7)8)2(6)4(9)10/h1-3,6-7,9-10,17,21,23,27H,4-5,8,11-16H2;1-2,5-6H,(H,7,8)(H,9,10)/t21-,23+,25+;1-,2-/m01/s1. The fraction of sp³-hybridized carbons (Fsp3) is 0.483. The molecular formula is C29H35NO8. The molecule has 1 saturated heterocycles. The van der Waals surface area contributed by atoms with Gasteiger partial charge in [0.05, 0.1) is 0 Å². The molecular weight excluding hydrogens is 490 g/mol. The number of aliphatic hydroxyl groups excluding tert-OH is 2. The number of Topliss-reactive ketones (excluding diaryl/α,β-unsaturated/α-hetero) is 1. The average molecular weight is 526 g/mol. The van der Waals surface area contributed by atoms with Crippen molar-refractivity contribution in [2.75, 3.05) is 13.1 Å². The van der Waals surface area contributed by atoms with Crippen molar-refractivity contribution in [1.29, 1.82) is 0 Å². The number of rotatable bonds is 7. The number of benzene rings is 2. The number of fused-ring (bicyclic) bond motifs is 1. The second-order valence-electron chi connectivity index (χ2n) is 10.5. The smallest absolute Gasteiger partial charge is 0.335 e. The van der Waals surface area contributed by atoms with E-state index in [1.54, 1.807) is 0 Å². The van der Waals surface area contributed by atoms with Crippen molar-refractivity contribution in [3.63, 3.8) is 0 Å². The summed E-state index contributed by atoms with van der Waals surface area (Å²) in [5.41, 5.74) is 3.92. The number of carboxylic acid groups (broad SMARTS) is 2. The Hall–Kier alpha value is -3.27. The van der Waals surface area contributed by atoms with Crippen LogP contribution in [0.25, 0.3) is 0 Å². The summed E-state index contributed by atoms with van der Waals surface area (Å²) in [4.78, 5) is 34.8. The Morgan fingerprint density at radius 2 is 1.63 bits per heavy atom. The third kappa shape index (κ3) is 5.60. The van der Waals surface area contributed by atoms with Gasteiger partial charge in [0.2, 0.25) is 0 Å². The molecule has 204 valence electrons. The molecule has 0 radical (unpaired) electrons. The number of hydrogen-bond acceptors (Lipinski definition) is 7. The number of aromatic hydroxyl groups is 1. The molecule has 0 amide bonds. The molecule has 5 atom stereocenters. The first kappa shape index (κ1) is 27.8. The highest BCUT2D eigenvalue weighted by atomic mass is 16.4. The van der Waals surface area contributed by atoms with Crippen molar-refractivity contribution in [3.8, 4) is 5.75 Å². The number of aliphatic carboxylic acids is 2. The molecule has 0 aromatic heterocycles. The van der Waals surface area contributed by atoms with Crippen LogP contribution in [0, 0.1) is 5.92 Å². The Kier molecular flexibility index (Phi) is 8.50. The maximum Gasteiger partial charge on any atom is 0.335 e. The lowest BCUT2D eigenvalue weighted by molar-refractivity contribution is -0.165. The number of aliphatic hydroxyl groups is 2. The van der Waals surface area contributed by atoms with Crippen molar-refractivity contribution in [2.24, 2.45) is 5.92 Å². The Morgan fingerprint density at radius 1 is 0.947 bits per heavy atom. The summed E-state index contributed by atoms with van der Waals surface area (Å²) in [6.07, 6.45) is 3.42. The van der Waals surface area contributed by atoms with E-state index in [4.69, 9.17) is 20.4 Å². The molecule has 2 aromatic rings. The van der Waals surface area contributed by atoms with Gasteiger partial charge >= 0.3 is 11.9 Å². The lowest BCUT2D eigenvalue weighted by Gasteiger charge is -2.59. The van der Waals surface area contributed by atoms with Crippen LogP contribution in [-0.2, 0) is 21.4 Å². The van der Waals surface area contributed by atoms with E-state index < -0.39 is 24.1 Å². The molecule has 3 aliphatic rings. The Balaban J connectivity index is 0.000000289. The van der Waals surface area contributed by atoms with E-state index in [1.807, 2.05) is 36.4 Å². The number of carbonyl (C=O) groups excluding carboxylic acids is 1. The highest BCUT2D eigenvalue weighted by Crippen LogP contribution is 2.56. The zero-order valence-electron chi connectivity index (χ0n) is 21.2. The van der Waals surface area contributed by atoms with E-state index in [0.717, 1.165) is 31.5 Å². The minimum Gasteiger partial charge on any atom is -0.508 e. The van der Waals surface area contributed by atoms with Crippen LogP contribution >= 0.6 is 0 Å². The zero-order valence-corrected chi connectivity index (χ0v) is 21.2. The van der Waals surface area contributed by atoms with Crippen molar-refractivity contribution in [1.82, 2.24) is 4.90 Å². The van der Waals surface area contributed by atoms with Crippen LogP contribution in [0.5, 0.6) is 5.75 Å². The number of phenolic OH excluding ortho intramolecular Hbond substituents is 1. The van der Waals surface area contributed by atoms with Crippen molar-refractivity contribution < 1.29 is 39.9 Å². The molecule has 2 fully saturated rings. The van der Waals surface area contributed by atoms with Crippen LogP contribution < -0.4 is 0 Å². The minimum atomic E-state index is -2.27. The maximum absolute atomic E-state index is 12.6. The lowest BCUT2D eigenvalue weighted by Crippen LogP contribution is -2.61. The van der Waals surface area contributed by atoms with Crippen LogP contribution in [0.15, 0.2) is 48.5 Å². The molecule has 9 heteroatoms. The van der Waals surface area contributed by atoms with E-state index in [-0.39, 0.29) is 11.2 Å². The minimum absolute atomic E-state index is 0.245. The molecule has 9 nitrogen and oxygen atoms in total. The third-order valence-electron chi connectivity index (χ3n) is 8.46. The molecule has 2 aliphatic carbocycles. The Bertz CT molecular complexity index is 1150. The molecule has 0 spiro atoms. The van der Waals surface area contributed by atoms with E-state index in [2.05, 4.69) is 17.0 Å². The molecule has 1 heterocycles. The predicted octanol–water partition coefficient (Wildman–Crippen LogP) is 2.60. The van der Waals surface area contributed by atoms with E-state index in [1.165, 1.54) is 36.8 Å². The number of hydrogen-bond donors (Lipinski definition) is 5. The van der Waals surface area contributed by atoms with Gasteiger partial charge in [-0.25, -0.2) is 9.59 Å². The Labute approximate surface area is 221 Å². The molecule has 1 saturated carbocycles. The molecule has 38 heavy (non-hydrogen) atoms. The molecule has 2 bridgehead atoms. The predicted molar refractivity (Wildman–Crippen MR) is 138 cm³/mol. The van der Waals surface area contributed by atoms with Gasteiger partial charge in [0.15, 0.2) is 18.0 Å². The van der Waals surface area contributed by atoms with Crippen LogP contribution in [-0.4, -0.2) is 79.5 Å². The SMILES string of the molecule is O=C(CCN1CC[C@]23CCCC[C@H]2[C@H]1Cc1ccc(O)cc13)c1ccccc1.O=C(O)[C@H](O)[C@@H](O)C(=O)O. The van der Waals surface area contributed by atoms with Gasteiger partial charge in [-0.05, 0) is 61.4 Å². The summed E-state index contributed by atoms with van der Waals surface area (Å²) in [5, 5.41) is 42.7. The van der Waals surface area contributed by atoms with Crippen LogP contribution in [0.2, 0.25) is 0 Å². The van der Waals surface area contributed by atoms with Crippen molar-refractivity contribution >= 4 is 17.7 Å². The van der Waals surface area contributed by atoms with E-state index in [9.17, 15) is 19.5 Å². The average Bonchev–Trinajstić information content (AvgIpc) is 2.92. The summed E-state index contributed by atoms with van der Waals surface area (Å²) in [6.45, 7) is 1.93. The normalized spacial score (nSPS) is 25.5. The molecule has 2 aromatic carbocycles. The van der Waals surface area contributed by atoms with Crippen molar-refractivity contribution in [2.45, 2.75) is 68.6 Å². The zero-order chi connectivity index (χ0) is 27.4. The van der Waals surface area contributed by atoms with Gasteiger partial charge in [-0.1, -0.05) is 49.2 Å². The lowest BCUT2D eigenvalue weighted by atomic mass is 9.52. The van der Waals surface area contributed by atoms with Gasteiger partial charge in [-0.15, -0.1) is 0 Å². The number of likely N-dealkylation sites (tertiary alicyclic amines) is 1. The first-order valence-electron chi connectivity index (χ1n) is 13.1. The second kappa shape index (κ2) is 11.6. The monoisotopic (exact) mass is 525 g/mol. The highest BCUT2D eigenvalue weighted by molar-refractivity contribution is 5.96. The number of carboxylic acids is 2. The number of ketones is 1. The van der Waals surface area contributed by atoms with Crippen molar-refractivity contribution in [3.05, 3.63) is 65.2 Å². The quantitative estimate of drug-likeness (QED) is 0.343. The van der Waals surface area contributed by atoms with Gasteiger partial charge in [0, 0.05) is 30.0 Å². The van der Waals surface area contributed by atoms with Gasteiger partial charge in [-0.3, -0.25) is 9.69 Å². The maximum atomic E-state index is 12.6. The van der Waals surface area contributed by atoms with Gasteiger partial charge < -0.3 is 25.5 Å². The summed E-state index contributed by atoms with van der Waals surface area (Å²) >= 11 is 0. The first-order chi connectivity index (χ1) is 18.1. The highest BCUT2D eigenvalue weighted by Gasteiger charge is 2.53. The van der Waals surface area contributed by atoms with E-state index in [0.29, 0.717) is 24.1 Å². The fourth-order valence-electron chi connectivity index (χ4n) is 6.63. The summed E-state index contributed by atoms with van der Waals surface area (Å²) < 4.78 is 0. The largest absolute Gasteiger partial charge is 0.508 e. The topological polar surface area (TPSA) is 156 Å². The van der Waals surface area contributed by atoms with E-state index >= 15 is 0 Å².